The number of nitrogens with two attached hydrogens (primary N) is 1. The summed E-state index contributed by atoms with van der Waals surface area (Å²) in [5.74, 6) is -0.0857. The Morgan fingerprint density at radius 2 is 2.29 bits per heavy atom. The minimum Gasteiger partial charge on any atom is -0.540 e. The van der Waals surface area contributed by atoms with Gasteiger partial charge in [-0.05, 0) is 5.92 Å². The van der Waals surface area contributed by atoms with Gasteiger partial charge >= 0.3 is 0 Å². The second-order valence-corrected chi connectivity index (χ2v) is 3.82. The van der Waals surface area contributed by atoms with Crippen LogP contribution in [0.2, 0.25) is 0 Å². The Morgan fingerprint density at radius 1 is 1.53 bits per heavy atom. The van der Waals surface area contributed by atoms with Crippen molar-refractivity contribution in [3.8, 4) is 0 Å². The largest absolute Gasteiger partial charge is 0.540 e. The van der Waals surface area contributed by atoms with E-state index in [0.717, 1.165) is 0 Å². The maximum Gasteiger partial charge on any atom is 0.294 e. The number of carbonyl (C=O) groups is 2. The van der Waals surface area contributed by atoms with Crippen LogP contribution in [-0.4, -0.2) is 44.0 Å². The van der Waals surface area contributed by atoms with Crippen LogP contribution in [0.1, 0.15) is 0 Å². The monoisotopic (exact) mass is 318 g/mol. The zero-order chi connectivity index (χ0) is 11.6. The topological polar surface area (TPSA) is 99.9 Å². The van der Waals surface area contributed by atoms with Crippen LogP contribution >= 0.6 is 0 Å². The fourth-order valence-corrected chi connectivity index (χ4v) is 2.28. The Balaban J connectivity index is 0.00000144. The number of rotatable bonds is 5. The van der Waals surface area contributed by atoms with Crippen molar-refractivity contribution in [2.75, 3.05) is 13.2 Å². The molecular formula is C9H13N2O5Y-. The number of carbonyl (C=O) groups excluding carboxylic acids is 2. The molecule has 17 heavy (non-hydrogen) atoms. The van der Waals surface area contributed by atoms with Crippen LogP contribution in [0, 0.1) is 12.5 Å². The summed E-state index contributed by atoms with van der Waals surface area (Å²) in [6.07, 6.45) is -0.653. The summed E-state index contributed by atoms with van der Waals surface area (Å²) in [7, 11) is 0. The van der Waals surface area contributed by atoms with Crippen LogP contribution in [0.3, 0.4) is 0 Å². The van der Waals surface area contributed by atoms with Crippen molar-refractivity contribution < 1.29 is 56.5 Å². The third kappa shape index (κ3) is 2.53. The van der Waals surface area contributed by atoms with Crippen molar-refractivity contribution in [3.63, 3.8) is 0 Å². The van der Waals surface area contributed by atoms with E-state index in [2.05, 4.69) is 5.32 Å². The van der Waals surface area contributed by atoms with Gasteiger partial charge in [0, 0.05) is 39.3 Å². The van der Waals surface area contributed by atoms with Crippen LogP contribution in [0.15, 0.2) is 0 Å². The van der Waals surface area contributed by atoms with Crippen LogP contribution < -0.4 is 11.1 Å². The minimum atomic E-state index is -0.902. The summed E-state index contributed by atoms with van der Waals surface area (Å²) in [6.45, 7) is 2.68. The number of hydrogen-bond donors (Lipinski definition) is 2. The first-order valence-electron chi connectivity index (χ1n) is 4.89. The van der Waals surface area contributed by atoms with E-state index in [0.29, 0.717) is 19.5 Å². The van der Waals surface area contributed by atoms with Gasteiger partial charge in [0.2, 0.25) is 0 Å². The SMILES string of the molecule is N[C@@H]1[CH-]O[C@]2(COC=O)C1CN[C@H]2OC=O.[Y]. The van der Waals surface area contributed by atoms with Gasteiger partial charge in [-0.3, -0.25) is 14.9 Å². The number of ether oxygens (including phenoxy) is 3. The molecule has 2 heterocycles. The maximum absolute atomic E-state index is 10.4. The van der Waals surface area contributed by atoms with Crippen molar-refractivity contribution in [2.24, 2.45) is 11.7 Å². The predicted molar refractivity (Wildman–Crippen MR) is 50.5 cm³/mol. The summed E-state index contributed by atoms with van der Waals surface area (Å²) < 4.78 is 15.1. The molecule has 0 spiro atoms. The van der Waals surface area contributed by atoms with E-state index >= 15 is 0 Å². The van der Waals surface area contributed by atoms with E-state index in [1.54, 1.807) is 0 Å². The molecule has 8 heteroatoms. The zero-order valence-electron chi connectivity index (χ0n) is 9.07. The third-order valence-corrected chi connectivity index (χ3v) is 3.07. The molecule has 0 aliphatic carbocycles. The summed E-state index contributed by atoms with van der Waals surface area (Å²) >= 11 is 0. The Kier molecular flexibility index (Phi) is 5.46. The fraction of sp³-hybridized carbons (Fsp3) is 0.667. The van der Waals surface area contributed by atoms with E-state index in [9.17, 15) is 9.59 Å². The molecule has 3 N–H and O–H groups in total. The Morgan fingerprint density at radius 3 is 2.94 bits per heavy atom. The second kappa shape index (κ2) is 6.20. The molecule has 4 atom stereocenters. The molecule has 0 aromatic carbocycles. The van der Waals surface area contributed by atoms with E-state index in [4.69, 9.17) is 19.9 Å². The normalized spacial score (nSPS) is 39.0. The Bertz CT molecular complexity index is 293. The number of fused-ring (bicyclic) bond motifs is 1. The first kappa shape index (κ1) is 15.0. The molecule has 0 aromatic heterocycles. The standard InChI is InChI=1S/C9H13N2O5.Y/c10-7-2-16-9(3-14-4-12)6(7)1-11-8(9)15-5-13;/h2,4-8,11H,1,3,10H2;/q-1;/t6?,7-,8+,9-;/m1./s1. The van der Waals surface area contributed by atoms with Crippen LogP contribution in [0.5, 0.6) is 0 Å². The summed E-state index contributed by atoms with van der Waals surface area (Å²) in [5, 5.41) is 2.97. The molecule has 2 rings (SSSR count). The molecule has 7 nitrogen and oxygen atoms in total. The van der Waals surface area contributed by atoms with Gasteiger partial charge in [0.15, 0.2) is 6.23 Å². The van der Waals surface area contributed by atoms with Gasteiger partial charge < -0.3 is 19.9 Å². The molecule has 0 amide bonds. The van der Waals surface area contributed by atoms with Crippen molar-refractivity contribution in [1.82, 2.24) is 5.32 Å². The molecule has 1 radical (unpaired) electrons. The Hall–Kier alpha value is -0.0761. The van der Waals surface area contributed by atoms with E-state index < -0.39 is 11.8 Å². The van der Waals surface area contributed by atoms with Gasteiger partial charge in [-0.1, -0.05) is 6.04 Å². The average Bonchev–Trinajstić information content (AvgIpc) is 2.78. The third-order valence-electron chi connectivity index (χ3n) is 3.07. The molecule has 2 fully saturated rings. The fourth-order valence-electron chi connectivity index (χ4n) is 2.28. The van der Waals surface area contributed by atoms with Crippen molar-refractivity contribution in [3.05, 3.63) is 6.61 Å². The average molecular weight is 318 g/mol. The molecule has 2 aliphatic rings. The van der Waals surface area contributed by atoms with Crippen molar-refractivity contribution in [1.29, 1.82) is 0 Å². The molecule has 0 aromatic rings. The quantitative estimate of drug-likeness (QED) is 0.453. The summed E-state index contributed by atoms with van der Waals surface area (Å²) in [6, 6.07) is -0.275. The van der Waals surface area contributed by atoms with Gasteiger partial charge in [-0.2, -0.15) is 6.61 Å². The summed E-state index contributed by atoms with van der Waals surface area (Å²) in [4.78, 5) is 20.6. The number of hydrogen-bond acceptors (Lipinski definition) is 7. The van der Waals surface area contributed by atoms with Crippen LogP contribution in [0.4, 0.5) is 0 Å². The molecule has 0 saturated carbocycles. The van der Waals surface area contributed by atoms with Crippen LogP contribution in [-0.2, 0) is 56.5 Å². The van der Waals surface area contributed by atoms with E-state index in [1.165, 1.54) is 6.61 Å². The molecular weight excluding hydrogens is 305 g/mol. The Labute approximate surface area is 124 Å². The molecule has 93 valence electrons. The van der Waals surface area contributed by atoms with Crippen LogP contribution in [0.25, 0.3) is 0 Å². The zero-order valence-corrected chi connectivity index (χ0v) is 11.9. The summed E-state index contributed by atoms with van der Waals surface area (Å²) in [5.41, 5.74) is 4.93. The number of nitrogens with one attached hydrogen (secondary N) is 1. The van der Waals surface area contributed by atoms with Gasteiger partial charge in [-0.25, -0.2) is 0 Å². The van der Waals surface area contributed by atoms with E-state index in [1.807, 2.05) is 0 Å². The van der Waals surface area contributed by atoms with Gasteiger partial charge in [-0.15, -0.1) is 0 Å². The molecule has 2 aliphatic heterocycles. The first-order valence-corrected chi connectivity index (χ1v) is 4.89. The first-order chi connectivity index (χ1) is 7.74. The predicted octanol–water partition coefficient (Wildman–Crippen LogP) is -1.87. The smallest absolute Gasteiger partial charge is 0.294 e. The van der Waals surface area contributed by atoms with Gasteiger partial charge in [0.25, 0.3) is 12.9 Å². The van der Waals surface area contributed by atoms with Gasteiger partial charge in [0.05, 0.1) is 0 Å². The minimum absolute atomic E-state index is 0. The second-order valence-electron chi connectivity index (χ2n) is 3.82. The molecule has 0 bridgehead atoms. The van der Waals surface area contributed by atoms with Crippen molar-refractivity contribution in [2.45, 2.75) is 17.9 Å². The molecule has 2 saturated heterocycles. The van der Waals surface area contributed by atoms with E-state index in [-0.39, 0.29) is 51.3 Å². The van der Waals surface area contributed by atoms with Gasteiger partial charge in [0.1, 0.15) is 12.2 Å². The molecule has 1 unspecified atom stereocenters. The van der Waals surface area contributed by atoms with Crippen molar-refractivity contribution >= 4 is 12.9 Å². The maximum atomic E-state index is 10.4.